The van der Waals surface area contributed by atoms with Gasteiger partial charge in [-0.05, 0) is 36.4 Å². The van der Waals surface area contributed by atoms with Crippen LogP contribution in [0.25, 0.3) is 0 Å². The molecule has 0 aliphatic carbocycles. The van der Waals surface area contributed by atoms with Gasteiger partial charge >= 0.3 is 0 Å². The molecule has 0 aliphatic rings. The van der Waals surface area contributed by atoms with E-state index in [1.807, 2.05) is 6.07 Å². The van der Waals surface area contributed by atoms with Crippen molar-refractivity contribution in [1.82, 2.24) is 0 Å². The first kappa shape index (κ1) is 15.4. The van der Waals surface area contributed by atoms with Crippen LogP contribution in [0, 0.1) is 11.3 Å². The maximum atomic E-state index is 12.3. The van der Waals surface area contributed by atoms with E-state index in [1.54, 1.807) is 0 Å². The fourth-order valence-electron chi connectivity index (χ4n) is 1.57. The highest BCUT2D eigenvalue weighted by Gasteiger charge is 2.20. The summed E-state index contributed by atoms with van der Waals surface area (Å²) < 4.78 is 26.8. The van der Waals surface area contributed by atoms with Crippen LogP contribution in [0.5, 0.6) is 5.75 Å². The predicted octanol–water partition coefficient (Wildman–Crippen LogP) is 3.37. The highest BCUT2D eigenvalue weighted by molar-refractivity contribution is 7.92. The summed E-state index contributed by atoms with van der Waals surface area (Å²) in [7, 11) is -4.07. The molecule has 2 aromatic carbocycles. The Balaban J connectivity index is 2.48. The van der Waals surface area contributed by atoms with Gasteiger partial charge in [0.15, 0.2) is 0 Å². The smallest absolute Gasteiger partial charge is 0.263 e. The molecule has 2 N–H and O–H groups in total. The van der Waals surface area contributed by atoms with Crippen LogP contribution >= 0.6 is 23.2 Å². The number of sulfonamides is 1. The summed E-state index contributed by atoms with van der Waals surface area (Å²) in [6.07, 6.45) is 0. The number of hydrogen-bond donors (Lipinski definition) is 2. The summed E-state index contributed by atoms with van der Waals surface area (Å²) in [4.78, 5) is -0.261. The van der Waals surface area contributed by atoms with Crippen LogP contribution in [0.1, 0.15) is 5.56 Å². The number of rotatable bonds is 3. The molecule has 0 heterocycles. The number of nitriles is 1. The maximum Gasteiger partial charge on any atom is 0.263 e. The van der Waals surface area contributed by atoms with Gasteiger partial charge in [0.1, 0.15) is 10.6 Å². The van der Waals surface area contributed by atoms with E-state index in [4.69, 9.17) is 28.5 Å². The molecule has 21 heavy (non-hydrogen) atoms. The number of benzene rings is 2. The third-order valence-corrected chi connectivity index (χ3v) is 4.63. The molecule has 0 spiro atoms. The molecule has 0 atom stereocenters. The van der Waals surface area contributed by atoms with Gasteiger partial charge in [-0.15, -0.1) is 0 Å². The van der Waals surface area contributed by atoms with Gasteiger partial charge < -0.3 is 5.11 Å². The number of hydrogen-bond acceptors (Lipinski definition) is 4. The van der Waals surface area contributed by atoms with Crippen LogP contribution < -0.4 is 4.72 Å². The second-order valence-corrected chi connectivity index (χ2v) is 6.52. The third-order valence-electron chi connectivity index (χ3n) is 2.55. The van der Waals surface area contributed by atoms with Crippen molar-refractivity contribution < 1.29 is 13.5 Å². The summed E-state index contributed by atoms with van der Waals surface area (Å²) in [6, 6.07) is 9.62. The Morgan fingerprint density at radius 1 is 1.14 bits per heavy atom. The maximum absolute atomic E-state index is 12.3. The molecule has 0 bridgehead atoms. The van der Waals surface area contributed by atoms with E-state index >= 15 is 0 Å². The van der Waals surface area contributed by atoms with Gasteiger partial charge in [-0.2, -0.15) is 5.26 Å². The van der Waals surface area contributed by atoms with Crippen molar-refractivity contribution >= 4 is 38.9 Å². The average molecular weight is 343 g/mol. The first-order chi connectivity index (χ1) is 9.83. The summed E-state index contributed by atoms with van der Waals surface area (Å²) in [5, 5.41) is 18.7. The Kier molecular flexibility index (Phi) is 4.28. The third kappa shape index (κ3) is 3.39. The quantitative estimate of drug-likeness (QED) is 0.836. The van der Waals surface area contributed by atoms with Gasteiger partial charge in [0.25, 0.3) is 10.0 Å². The van der Waals surface area contributed by atoms with E-state index in [-0.39, 0.29) is 31.9 Å². The molecule has 0 saturated carbocycles. The SMILES string of the molecule is N#Cc1ccc(Cl)c(S(=O)(=O)Nc2cc(Cl)ccc2O)c1. The van der Waals surface area contributed by atoms with E-state index in [0.29, 0.717) is 0 Å². The number of phenolic OH excluding ortho intramolecular Hbond substituents is 1. The molecule has 0 aromatic heterocycles. The Hall–Kier alpha value is -1.94. The lowest BCUT2D eigenvalue weighted by Crippen LogP contribution is -2.13. The van der Waals surface area contributed by atoms with Crippen molar-refractivity contribution in [3.8, 4) is 11.8 Å². The van der Waals surface area contributed by atoms with Crippen LogP contribution in [-0.4, -0.2) is 13.5 Å². The summed E-state index contributed by atoms with van der Waals surface area (Å²) in [5.74, 6) is -0.282. The number of halogens is 2. The van der Waals surface area contributed by atoms with Crippen molar-refractivity contribution in [2.75, 3.05) is 4.72 Å². The first-order valence-electron chi connectivity index (χ1n) is 5.54. The lowest BCUT2D eigenvalue weighted by molar-refractivity contribution is 0.477. The minimum Gasteiger partial charge on any atom is -0.506 e. The standard InChI is InChI=1S/C13H8Cl2N2O3S/c14-9-2-4-12(18)11(6-9)17-21(19,20)13-5-8(7-16)1-3-10(13)15/h1-6,17-18H. The summed E-state index contributed by atoms with van der Waals surface area (Å²) >= 11 is 11.6. The molecule has 0 saturated heterocycles. The molecule has 8 heteroatoms. The number of aromatic hydroxyl groups is 1. The lowest BCUT2D eigenvalue weighted by Gasteiger charge is -2.11. The van der Waals surface area contributed by atoms with E-state index in [1.165, 1.54) is 30.3 Å². The molecule has 0 aliphatic heterocycles. The zero-order valence-corrected chi connectivity index (χ0v) is 12.7. The van der Waals surface area contributed by atoms with Crippen molar-refractivity contribution in [1.29, 1.82) is 5.26 Å². The molecular formula is C13H8Cl2N2O3S. The minimum absolute atomic E-state index is 0.0389. The number of nitrogens with zero attached hydrogens (tertiary/aromatic N) is 1. The van der Waals surface area contributed by atoms with Crippen molar-refractivity contribution in [3.05, 3.63) is 52.0 Å². The molecule has 0 unspecified atom stereocenters. The molecular weight excluding hydrogens is 335 g/mol. The molecule has 0 fully saturated rings. The van der Waals surface area contributed by atoms with Crippen molar-refractivity contribution in [2.45, 2.75) is 4.90 Å². The number of phenols is 1. The van der Waals surface area contributed by atoms with E-state index in [2.05, 4.69) is 4.72 Å². The van der Waals surface area contributed by atoms with Crippen LogP contribution in [0.15, 0.2) is 41.3 Å². The fourth-order valence-corrected chi connectivity index (χ4v) is 3.33. The van der Waals surface area contributed by atoms with Crippen LogP contribution in [0.4, 0.5) is 5.69 Å². The summed E-state index contributed by atoms with van der Waals surface area (Å²) in [5.41, 5.74) is 0.0658. The average Bonchev–Trinajstić information content (AvgIpc) is 2.43. The highest BCUT2D eigenvalue weighted by atomic mass is 35.5. The zero-order chi connectivity index (χ0) is 15.6. The van der Waals surface area contributed by atoms with Gasteiger partial charge in [-0.25, -0.2) is 8.42 Å². The van der Waals surface area contributed by atoms with Gasteiger partial charge in [0.05, 0.1) is 22.3 Å². The minimum atomic E-state index is -4.07. The Labute approximate surface area is 131 Å². The zero-order valence-electron chi connectivity index (χ0n) is 10.3. The van der Waals surface area contributed by atoms with Crippen LogP contribution in [0.3, 0.4) is 0 Å². The Morgan fingerprint density at radius 2 is 1.86 bits per heavy atom. The largest absolute Gasteiger partial charge is 0.506 e. The first-order valence-corrected chi connectivity index (χ1v) is 7.78. The second-order valence-electron chi connectivity index (χ2n) is 4.02. The molecule has 5 nitrogen and oxygen atoms in total. The molecule has 2 aromatic rings. The summed E-state index contributed by atoms with van der Waals surface area (Å²) in [6.45, 7) is 0. The van der Waals surface area contributed by atoms with Gasteiger partial charge in [0.2, 0.25) is 0 Å². The monoisotopic (exact) mass is 342 g/mol. The van der Waals surface area contributed by atoms with E-state index < -0.39 is 10.0 Å². The molecule has 0 amide bonds. The van der Waals surface area contributed by atoms with Crippen molar-refractivity contribution in [3.63, 3.8) is 0 Å². The Morgan fingerprint density at radius 3 is 2.52 bits per heavy atom. The molecule has 0 radical (unpaired) electrons. The predicted molar refractivity (Wildman–Crippen MR) is 80.1 cm³/mol. The lowest BCUT2D eigenvalue weighted by atomic mass is 10.2. The number of anilines is 1. The molecule has 2 rings (SSSR count). The second kappa shape index (κ2) is 5.82. The highest BCUT2D eigenvalue weighted by Crippen LogP contribution is 2.30. The van der Waals surface area contributed by atoms with Crippen LogP contribution in [-0.2, 0) is 10.0 Å². The van der Waals surface area contributed by atoms with Gasteiger partial charge in [-0.3, -0.25) is 4.72 Å². The van der Waals surface area contributed by atoms with Gasteiger partial charge in [0, 0.05) is 5.02 Å². The van der Waals surface area contributed by atoms with Gasteiger partial charge in [-0.1, -0.05) is 23.2 Å². The number of nitrogens with one attached hydrogen (secondary N) is 1. The van der Waals surface area contributed by atoms with E-state index in [0.717, 1.165) is 6.07 Å². The topological polar surface area (TPSA) is 90.2 Å². The van der Waals surface area contributed by atoms with Crippen LogP contribution in [0.2, 0.25) is 10.0 Å². The fraction of sp³-hybridized carbons (Fsp3) is 0. The normalized spacial score (nSPS) is 10.9. The van der Waals surface area contributed by atoms with Crippen molar-refractivity contribution in [2.24, 2.45) is 0 Å². The molecule has 108 valence electrons. The Bertz CT molecular complexity index is 845. The van der Waals surface area contributed by atoms with E-state index in [9.17, 15) is 13.5 Å².